The first-order chi connectivity index (χ1) is 11.7. The van der Waals surface area contributed by atoms with Crippen LogP contribution in [0.4, 0.5) is 23.1 Å². The number of nitrogens with one attached hydrogen (secondary N) is 2. The summed E-state index contributed by atoms with van der Waals surface area (Å²) in [4.78, 5) is 4.31. The fourth-order valence-corrected chi connectivity index (χ4v) is 2.25. The van der Waals surface area contributed by atoms with E-state index in [1.165, 1.54) is 6.20 Å². The molecular weight excluding hydrogens is 347 g/mol. The van der Waals surface area contributed by atoms with Crippen LogP contribution in [0.1, 0.15) is 5.56 Å². The standard InChI is InChI=1S/C16H10Cl2N6/c17-12-6-5-11(7-13(12)18)21-15-9-20-24-16(23-15)22-14-4-2-1-3-10(14)8-19/h1-7,9H,(H2,21,22,23,24). The average Bonchev–Trinajstić information content (AvgIpc) is 2.59. The second-order valence-corrected chi connectivity index (χ2v) is 5.52. The smallest absolute Gasteiger partial charge is 0.249 e. The fraction of sp³-hybridized carbons (Fsp3) is 0. The molecule has 0 bridgehead atoms. The minimum absolute atomic E-state index is 0.266. The predicted octanol–water partition coefficient (Wildman–Crippen LogP) is 4.54. The highest BCUT2D eigenvalue weighted by molar-refractivity contribution is 6.42. The quantitative estimate of drug-likeness (QED) is 0.713. The Bertz CT molecular complexity index is 922. The summed E-state index contributed by atoms with van der Waals surface area (Å²) >= 11 is 11.9. The van der Waals surface area contributed by atoms with Gasteiger partial charge in [-0.25, -0.2) is 0 Å². The van der Waals surface area contributed by atoms with Gasteiger partial charge in [0.15, 0.2) is 5.82 Å². The number of nitrogens with zero attached hydrogens (tertiary/aromatic N) is 4. The van der Waals surface area contributed by atoms with Crippen molar-refractivity contribution in [3.8, 4) is 6.07 Å². The first-order valence-corrected chi connectivity index (χ1v) is 7.59. The molecule has 8 heteroatoms. The number of hydrogen-bond acceptors (Lipinski definition) is 6. The van der Waals surface area contributed by atoms with Gasteiger partial charge in [0.05, 0.1) is 27.5 Å². The van der Waals surface area contributed by atoms with E-state index in [4.69, 9.17) is 28.5 Å². The molecule has 0 aliphatic carbocycles. The molecule has 0 spiro atoms. The third-order valence-electron chi connectivity index (χ3n) is 3.04. The molecule has 6 nitrogen and oxygen atoms in total. The van der Waals surface area contributed by atoms with Crippen LogP contribution in [0.2, 0.25) is 10.0 Å². The molecule has 1 aromatic heterocycles. The fourth-order valence-electron chi connectivity index (χ4n) is 1.95. The highest BCUT2D eigenvalue weighted by atomic mass is 35.5. The summed E-state index contributed by atoms with van der Waals surface area (Å²) in [6.07, 6.45) is 1.48. The van der Waals surface area contributed by atoms with E-state index in [0.717, 1.165) is 0 Å². The van der Waals surface area contributed by atoms with E-state index in [9.17, 15) is 0 Å². The van der Waals surface area contributed by atoms with Gasteiger partial charge in [0.25, 0.3) is 0 Å². The summed E-state index contributed by atoms with van der Waals surface area (Å²) in [6, 6.07) is 14.3. The summed E-state index contributed by atoms with van der Waals surface area (Å²) in [5, 5.41) is 23.9. The molecule has 3 aromatic rings. The van der Waals surface area contributed by atoms with Crippen LogP contribution in [-0.2, 0) is 0 Å². The van der Waals surface area contributed by atoms with Gasteiger partial charge in [0.2, 0.25) is 5.95 Å². The Balaban J connectivity index is 1.81. The van der Waals surface area contributed by atoms with Crippen molar-refractivity contribution in [2.45, 2.75) is 0 Å². The monoisotopic (exact) mass is 356 g/mol. The van der Waals surface area contributed by atoms with E-state index in [-0.39, 0.29) is 5.95 Å². The first-order valence-electron chi connectivity index (χ1n) is 6.83. The first kappa shape index (κ1) is 16.0. The summed E-state index contributed by atoms with van der Waals surface area (Å²) in [5.41, 5.74) is 1.81. The van der Waals surface area contributed by atoms with Crippen molar-refractivity contribution < 1.29 is 0 Å². The molecule has 0 radical (unpaired) electrons. The molecule has 0 unspecified atom stereocenters. The number of aromatic nitrogens is 3. The maximum Gasteiger partial charge on any atom is 0.249 e. The molecule has 3 rings (SSSR count). The van der Waals surface area contributed by atoms with Crippen molar-refractivity contribution in [2.75, 3.05) is 10.6 Å². The number of benzene rings is 2. The molecule has 1 heterocycles. The van der Waals surface area contributed by atoms with Crippen LogP contribution in [0.15, 0.2) is 48.7 Å². The van der Waals surface area contributed by atoms with E-state index in [2.05, 4.69) is 31.9 Å². The Morgan fingerprint density at radius 3 is 2.62 bits per heavy atom. The number of nitriles is 1. The Hall–Kier alpha value is -2.88. The highest BCUT2D eigenvalue weighted by Crippen LogP contribution is 2.26. The van der Waals surface area contributed by atoms with Gasteiger partial charge in [-0.3, -0.25) is 0 Å². The Morgan fingerprint density at radius 2 is 1.83 bits per heavy atom. The van der Waals surface area contributed by atoms with E-state index in [0.29, 0.717) is 32.8 Å². The molecule has 2 N–H and O–H groups in total. The van der Waals surface area contributed by atoms with Gasteiger partial charge in [-0.05, 0) is 30.3 Å². The minimum Gasteiger partial charge on any atom is -0.339 e. The summed E-state index contributed by atoms with van der Waals surface area (Å²) in [6.45, 7) is 0. The molecular formula is C16H10Cl2N6. The topological polar surface area (TPSA) is 86.5 Å². The molecule has 0 saturated heterocycles. The number of halogens is 2. The van der Waals surface area contributed by atoms with Gasteiger partial charge in [0, 0.05) is 5.69 Å². The summed E-state index contributed by atoms with van der Waals surface area (Å²) in [7, 11) is 0. The molecule has 0 aliphatic rings. The second-order valence-electron chi connectivity index (χ2n) is 4.70. The van der Waals surface area contributed by atoms with Crippen LogP contribution in [0.25, 0.3) is 0 Å². The number of anilines is 4. The average molecular weight is 357 g/mol. The van der Waals surface area contributed by atoms with Crippen LogP contribution in [0.3, 0.4) is 0 Å². The van der Waals surface area contributed by atoms with Gasteiger partial charge in [0.1, 0.15) is 6.07 Å². The molecule has 0 saturated carbocycles. The van der Waals surface area contributed by atoms with Crippen LogP contribution < -0.4 is 10.6 Å². The predicted molar refractivity (Wildman–Crippen MR) is 94.0 cm³/mol. The lowest BCUT2D eigenvalue weighted by Crippen LogP contribution is -2.03. The van der Waals surface area contributed by atoms with Crippen molar-refractivity contribution in [1.29, 1.82) is 5.26 Å². The van der Waals surface area contributed by atoms with Gasteiger partial charge in [-0.2, -0.15) is 15.3 Å². The summed E-state index contributed by atoms with van der Waals surface area (Å²) < 4.78 is 0. The van der Waals surface area contributed by atoms with Gasteiger partial charge in [-0.1, -0.05) is 35.3 Å². The van der Waals surface area contributed by atoms with Crippen LogP contribution in [0.5, 0.6) is 0 Å². The molecule has 0 fully saturated rings. The minimum atomic E-state index is 0.266. The molecule has 118 valence electrons. The third kappa shape index (κ3) is 3.71. The molecule has 2 aromatic carbocycles. The van der Waals surface area contributed by atoms with E-state index < -0.39 is 0 Å². The van der Waals surface area contributed by atoms with Crippen molar-refractivity contribution >= 4 is 46.3 Å². The highest BCUT2D eigenvalue weighted by Gasteiger charge is 2.06. The van der Waals surface area contributed by atoms with E-state index in [1.807, 2.05) is 6.07 Å². The normalized spacial score (nSPS) is 10.0. The molecule has 24 heavy (non-hydrogen) atoms. The maximum atomic E-state index is 9.11. The largest absolute Gasteiger partial charge is 0.339 e. The molecule has 0 amide bonds. The lowest BCUT2D eigenvalue weighted by Gasteiger charge is -2.09. The lowest BCUT2D eigenvalue weighted by molar-refractivity contribution is 0.982. The number of para-hydroxylation sites is 1. The number of hydrogen-bond donors (Lipinski definition) is 2. The Morgan fingerprint density at radius 1 is 1.00 bits per heavy atom. The van der Waals surface area contributed by atoms with Crippen molar-refractivity contribution in [1.82, 2.24) is 15.2 Å². The van der Waals surface area contributed by atoms with Gasteiger partial charge < -0.3 is 10.6 Å². The third-order valence-corrected chi connectivity index (χ3v) is 3.78. The van der Waals surface area contributed by atoms with Crippen molar-refractivity contribution in [2.24, 2.45) is 0 Å². The van der Waals surface area contributed by atoms with Gasteiger partial charge >= 0.3 is 0 Å². The molecule has 0 atom stereocenters. The van der Waals surface area contributed by atoms with Crippen molar-refractivity contribution in [3.63, 3.8) is 0 Å². The zero-order valence-electron chi connectivity index (χ0n) is 12.2. The van der Waals surface area contributed by atoms with E-state index >= 15 is 0 Å². The lowest BCUT2D eigenvalue weighted by atomic mass is 10.2. The maximum absolute atomic E-state index is 9.11. The second kappa shape index (κ2) is 7.13. The van der Waals surface area contributed by atoms with Gasteiger partial charge in [-0.15, -0.1) is 5.10 Å². The zero-order valence-corrected chi connectivity index (χ0v) is 13.7. The number of rotatable bonds is 4. The molecule has 0 aliphatic heterocycles. The SMILES string of the molecule is N#Cc1ccccc1Nc1nncc(Nc2ccc(Cl)c(Cl)c2)n1. The Labute approximate surface area is 148 Å². The zero-order chi connectivity index (χ0) is 16.9. The van der Waals surface area contributed by atoms with E-state index in [1.54, 1.807) is 36.4 Å². The van der Waals surface area contributed by atoms with Crippen molar-refractivity contribution in [3.05, 3.63) is 64.3 Å². The Kier molecular flexibility index (Phi) is 4.75. The van der Waals surface area contributed by atoms with Crippen LogP contribution in [-0.4, -0.2) is 15.2 Å². The van der Waals surface area contributed by atoms with Crippen LogP contribution in [0, 0.1) is 11.3 Å². The van der Waals surface area contributed by atoms with Crippen LogP contribution >= 0.6 is 23.2 Å². The summed E-state index contributed by atoms with van der Waals surface area (Å²) in [5.74, 6) is 0.739.